The van der Waals surface area contributed by atoms with E-state index in [-0.39, 0.29) is 5.78 Å². The number of imidazole rings is 2. The Morgan fingerprint density at radius 1 is 1.09 bits per heavy atom. The summed E-state index contributed by atoms with van der Waals surface area (Å²) in [5.41, 5.74) is 4.28. The summed E-state index contributed by atoms with van der Waals surface area (Å²) in [5.74, 6) is 1.68. The molecule has 0 unspecified atom stereocenters. The molecule has 1 aliphatic heterocycles. The Hall–Kier alpha value is -3.52. The molecule has 0 aliphatic carbocycles. The van der Waals surface area contributed by atoms with E-state index in [1.807, 2.05) is 30.7 Å². The minimum absolute atomic E-state index is 0.155. The maximum Gasteiger partial charge on any atom is 0.228 e. The molecule has 5 rings (SSSR count). The predicted molar refractivity (Wildman–Crippen MR) is 129 cm³/mol. The normalized spacial score (nSPS) is 15.0. The summed E-state index contributed by atoms with van der Waals surface area (Å²) in [6, 6.07) is 10.3. The van der Waals surface area contributed by atoms with E-state index < -0.39 is 0 Å². The van der Waals surface area contributed by atoms with Gasteiger partial charge in [0.15, 0.2) is 5.82 Å². The van der Waals surface area contributed by atoms with Crippen LogP contribution in [-0.4, -0.2) is 68.4 Å². The van der Waals surface area contributed by atoms with E-state index in [1.165, 1.54) is 5.69 Å². The standard InChI is InChI=1S/C25H29N7O/c1-16-15-32(17(2)27-16)23-13-18(7-10-26-23)24(33)25-28-21-6-5-20(14-22(21)29-25)31-11-8-19(9-12-31)30(3)4/h5-7,10,13-15,19H,8-9,11-12H2,1-4H3,(H,28,29). The average molecular weight is 444 g/mol. The number of carbonyl (C=O) groups excluding carboxylic acids is 1. The first kappa shape index (κ1) is 21.3. The Labute approximate surface area is 193 Å². The number of hydrogen-bond donors (Lipinski definition) is 1. The van der Waals surface area contributed by atoms with Gasteiger partial charge in [0.2, 0.25) is 5.78 Å². The van der Waals surface area contributed by atoms with Crippen LogP contribution in [0.4, 0.5) is 5.69 Å². The van der Waals surface area contributed by atoms with Gasteiger partial charge < -0.3 is 14.8 Å². The van der Waals surface area contributed by atoms with E-state index in [2.05, 4.69) is 56.0 Å². The second-order valence-electron chi connectivity index (χ2n) is 9.00. The van der Waals surface area contributed by atoms with E-state index in [4.69, 9.17) is 0 Å². The third-order valence-electron chi connectivity index (χ3n) is 6.50. The van der Waals surface area contributed by atoms with Gasteiger partial charge in [-0.2, -0.15) is 0 Å². The van der Waals surface area contributed by atoms with Gasteiger partial charge in [0, 0.05) is 42.8 Å². The van der Waals surface area contributed by atoms with E-state index in [1.54, 1.807) is 18.3 Å². The SMILES string of the molecule is Cc1cn(-c2cc(C(=O)c3nc4ccc(N5CCC(N(C)C)CC5)cc4[nH]3)ccn2)c(C)n1. The molecule has 3 aromatic heterocycles. The zero-order valence-electron chi connectivity index (χ0n) is 19.5. The van der Waals surface area contributed by atoms with Crippen molar-refractivity contribution in [3.63, 3.8) is 0 Å². The second-order valence-corrected chi connectivity index (χ2v) is 9.00. The van der Waals surface area contributed by atoms with Crippen LogP contribution < -0.4 is 4.90 Å². The number of aromatic nitrogens is 5. The average Bonchev–Trinajstić information content (AvgIpc) is 3.40. The van der Waals surface area contributed by atoms with Crippen molar-refractivity contribution in [3.05, 3.63) is 65.6 Å². The molecule has 1 fully saturated rings. The van der Waals surface area contributed by atoms with E-state index >= 15 is 0 Å². The molecular formula is C25H29N7O. The monoisotopic (exact) mass is 443 g/mol. The lowest BCUT2D eigenvalue weighted by Gasteiger charge is -2.36. The Morgan fingerprint density at radius 2 is 1.88 bits per heavy atom. The number of fused-ring (bicyclic) bond motifs is 1. The van der Waals surface area contributed by atoms with Crippen LogP contribution >= 0.6 is 0 Å². The fourth-order valence-corrected chi connectivity index (χ4v) is 4.62. The molecular weight excluding hydrogens is 414 g/mol. The second kappa shape index (κ2) is 8.44. The van der Waals surface area contributed by atoms with Crippen LogP contribution in [0, 0.1) is 13.8 Å². The van der Waals surface area contributed by atoms with Crippen molar-refractivity contribution in [3.8, 4) is 5.82 Å². The number of carbonyl (C=O) groups is 1. The molecule has 8 nitrogen and oxygen atoms in total. The molecule has 0 radical (unpaired) electrons. The van der Waals surface area contributed by atoms with Crippen molar-refractivity contribution in [2.45, 2.75) is 32.7 Å². The van der Waals surface area contributed by atoms with Gasteiger partial charge in [-0.15, -0.1) is 0 Å². The minimum atomic E-state index is -0.155. The predicted octanol–water partition coefficient (Wildman–Crippen LogP) is 3.52. The number of aromatic amines is 1. The van der Waals surface area contributed by atoms with Gasteiger partial charge in [-0.05, 0) is 71.1 Å². The summed E-state index contributed by atoms with van der Waals surface area (Å²) < 4.78 is 1.89. The van der Waals surface area contributed by atoms with Gasteiger partial charge in [-0.25, -0.2) is 15.0 Å². The molecule has 4 heterocycles. The molecule has 0 spiro atoms. The highest BCUT2D eigenvalue weighted by molar-refractivity contribution is 6.08. The van der Waals surface area contributed by atoms with E-state index in [0.717, 1.165) is 48.5 Å². The lowest BCUT2D eigenvalue weighted by atomic mass is 10.0. The number of aryl methyl sites for hydroxylation is 2. The molecule has 0 saturated carbocycles. The van der Waals surface area contributed by atoms with Gasteiger partial charge in [0.1, 0.15) is 11.6 Å². The topological polar surface area (TPSA) is 82.9 Å². The van der Waals surface area contributed by atoms with Gasteiger partial charge in [-0.1, -0.05) is 0 Å². The number of rotatable bonds is 5. The fourth-order valence-electron chi connectivity index (χ4n) is 4.62. The van der Waals surface area contributed by atoms with Crippen LogP contribution in [-0.2, 0) is 0 Å². The van der Waals surface area contributed by atoms with Crippen molar-refractivity contribution in [1.82, 2.24) is 29.4 Å². The van der Waals surface area contributed by atoms with Crippen LogP contribution in [0.1, 0.15) is 40.5 Å². The molecule has 33 heavy (non-hydrogen) atoms. The molecule has 0 bridgehead atoms. The maximum atomic E-state index is 13.2. The molecule has 0 atom stereocenters. The molecule has 0 amide bonds. The summed E-state index contributed by atoms with van der Waals surface area (Å²) in [4.78, 5) is 34.6. The van der Waals surface area contributed by atoms with Crippen molar-refractivity contribution in [2.24, 2.45) is 0 Å². The van der Waals surface area contributed by atoms with Crippen molar-refractivity contribution in [2.75, 3.05) is 32.1 Å². The quantitative estimate of drug-likeness (QED) is 0.475. The molecule has 170 valence electrons. The van der Waals surface area contributed by atoms with E-state index in [0.29, 0.717) is 23.2 Å². The number of piperidine rings is 1. The smallest absolute Gasteiger partial charge is 0.228 e. The Bertz CT molecular complexity index is 1310. The third-order valence-corrected chi connectivity index (χ3v) is 6.50. The first-order valence-corrected chi connectivity index (χ1v) is 11.3. The number of H-pyrrole nitrogens is 1. The molecule has 1 saturated heterocycles. The fraction of sp³-hybridized carbons (Fsp3) is 0.360. The number of anilines is 1. The Kier molecular flexibility index (Phi) is 5.46. The summed E-state index contributed by atoms with van der Waals surface area (Å²) in [6.07, 6.45) is 5.86. The van der Waals surface area contributed by atoms with Gasteiger partial charge >= 0.3 is 0 Å². The Morgan fingerprint density at radius 3 is 2.58 bits per heavy atom. The zero-order valence-corrected chi connectivity index (χ0v) is 19.5. The lowest BCUT2D eigenvalue weighted by molar-refractivity contribution is 0.103. The van der Waals surface area contributed by atoms with E-state index in [9.17, 15) is 4.79 Å². The number of ketones is 1. The van der Waals surface area contributed by atoms with Gasteiger partial charge in [0.05, 0.1) is 16.7 Å². The molecule has 1 N–H and O–H groups in total. The summed E-state index contributed by atoms with van der Waals surface area (Å²) in [6.45, 7) is 5.91. The van der Waals surface area contributed by atoms with Gasteiger partial charge in [0.25, 0.3) is 0 Å². The highest BCUT2D eigenvalue weighted by Gasteiger charge is 2.22. The first-order valence-electron chi connectivity index (χ1n) is 11.3. The van der Waals surface area contributed by atoms with Crippen LogP contribution in [0.5, 0.6) is 0 Å². The summed E-state index contributed by atoms with van der Waals surface area (Å²) >= 11 is 0. The van der Waals surface area contributed by atoms with Crippen molar-refractivity contribution < 1.29 is 4.79 Å². The maximum absolute atomic E-state index is 13.2. The Balaban J connectivity index is 1.39. The highest BCUT2D eigenvalue weighted by Crippen LogP contribution is 2.25. The molecule has 1 aliphatic rings. The minimum Gasteiger partial charge on any atom is -0.371 e. The number of nitrogens with one attached hydrogen (secondary N) is 1. The van der Waals surface area contributed by atoms with Crippen LogP contribution in [0.25, 0.3) is 16.9 Å². The molecule has 8 heteroatoms. The van der Waals surface area contributed by atoms with Crippen LogP contribution in [0.2, 0.25) is 0 Å². The van der Waals surface area contributed by atoms with Crippen molar-refractivity contribution in [1.29, 1.82) is 0 Å². The highest BCUT2D eigenvalue weighted by atomic mass is 16.1. The number of hydrogen-bond acceptors (Lipinski definition) is 6. The lowest BCUT2D eigenvalue weighted by Crippen LogP contribution is -2.41. The van der Waals surface area contributed by atoms with Crippen molar-refractivity contribution >= 4 is 22.5 Å². The number of pyridine rings is 1. The van der Waals surface area contributed by atoms with Crippen LogP contribution in [0.3, 0.4) is 0 Å². The molecule has 1 aromatic carbocycles. The number of benzene rings is 1. The zero-order chi connectivity index (χ0) is 23.1. The van der Waals surface area contributed by atoms with Crippen LogP contribution in [0.15, 0.2) is 42.7 Å². The summed E-state index contributed by atoms with van der Waals surface area (Å²) in [5, 5.41) is 0. The first-order chi connectivity index (χ1) is 15.9. The van der Waals surface area contributed by atoms with Gasteiger partial charge in [-0.3, -0.25) is 9.36 Å². The number of nitrogens with zero attached hydrogens (tertiary/aromatic N) is 6. The summed E-state index contributed by atoms with van der Waals surface area (Å²) in [7, 11) is 4.30. The molecule has 4 aromatic rings. The largest absolute Gasteiger partial charge is 0.371 e. The third kappa shape index (κ3) is 4.14.